The van der Waals surface area contributed by atoms with Crippen LogP contribution >= 0.6 is 0 Å². The second-order valence-electron chi connectivity index (χ2n) is 7.51. The van der Waals surface area contributed by atoms with Crippen LogP contribution in [0, 0.1) is 0 Å². The number of ether oxygens (including phenoxy) is 2. The highest BCUT2D eigenvalue weighted by atomic mass is 16.5. The second-order valence-corrected chi connectivity index (χ2v) is 7.51. The highest BCUT2D eigenvalue weighted by molar-refractivity contribution is 6.36. The molecule has 162 valence electrons. The molecule has 1 saturated heterocycles. The van der Waals surface area contributed by atoms with Crippen LogP contribution in [0.15, 0.2) is 60.3 Å². The van der Waals surface area contributed by atoms with Gasteiger partial charge in [0, 0.05) is 26.2 Å². The Morgan fingerprint density at radius 1 is 0.935 bits per heavy atom. The van der Waals surface area contributed by atoms with Crippen molar-refractivity contribution in [1.29, 1.82) is 0 Å². The maximum atomic E-state index is 13.3. The molecule has 1 fully saturated rings. The van der Waals surface area contributed by atoms with E-state index in [0.717, 1.165) is 39.3 Å². The van der Waals surface area contributed by atoms with Gasteiger partial charge in [0.1, 0.15) is 11.4 Å². The number of hydrogen-bond donors (Lipinski definition) is 1. The van der Waals surface area contributed by atoms with Crippen LogP contribution in [-0.4, -0.2) is 68.1 Å². The van der Waals surface area contributed by atoms with Gasteiger partial charge in [-0.25, -0.2) is 0 Å². The number of imide groups is 1. The molecule has 2 aromatic carbocycles. The van der Waals surface area contributed by atoms with Crippen molar-refractivity contribution < 1.29 is 19.1 Å². The lowest BCUT2D eigenvalue weighted by Crippen LogP contribution is -2.39. The summed E-state index contributed by atoms with van der Waals surface area (Å²) in [6.07, 6.45) is 0.724. The third-order valence-corrected chi connectivity index (χ3v) is 5.56. The molecule has 0 unspecified atom stereocenters. The molecular weight excluding hydrogens is 394 g/mol. The molecular formula is C24H27N3O4. The zero-order valence-corrected chi connectivity index (χ0v) is 17.7. The molecule has 0 radical (unpaired) electrons. The van der Waals surface area contributed by atoms with Crippen LogP contribution in [0.1, 0.15) is 12.0 Å². The van der Waals surface area contributed by atoms with Crippen molar-refractivity contribution in [3.05, 3.63) is 65.9 Å². The summed E-state index contributed by atoms with van der Waals surface area (Å²) in [4.78, 5) is 30.2. The summed E-state index contributed by atoms with van der Waals surface area (Å²) >= 11 is 0. The van der Waals surface area contributed by atoms with Crippen LogP contribution in [-0.2, 0) is 14.3 Å². The molecule has 0 aliphatic carbocycles. The number of para-hydroxylation sites is 2. The molecule has 2 amide bonds. The van der Waals surface area contributed by atoms with Gasteiger partial charge in [-0.1, -0.05) is 42.5 Å². The number of morpholine rings is 1. The summed E-state index contributed by atoms with van der Waals surface area (Å²) in [5.74, 6) is 0.0285. The van der Waals surface area contributed by atoms with E-state index in [0.29, 0.717) is 29.1 Å². The predicted molar refractivity (Wildman–Crippen MR) is 119 cm³/mol. The van der Waals surface area contributed by atoms with Crippen LogP contribution < -0.4 is 10.1 Å². The average molecular weight is 421 g/mol. The minimum absolute atomic E-state index is 0.268. The van der Waals surface area contributed by atoms with Crippen molar-refractivity contribution >= 4 is 23.1 Å². The fourth-order valence-corrected chi connectivity index (χ4v) is 3.93. The summed E-state index contributed by atoms with van der Waals surface area (Å²) in [6.45, 7) is 4.44. The molecule has 7 nitrogen and oxygen atoms in total. The zero-order valence-electron chi connectivity index (χ0n) is 17.7. The second kappa shape index (κ2) is 9.76. The third kappa shape index (κ3) is 4.62. The summed E-state index contributed by atoms with van der Waals surface area (Å²) in [7, 11) is 1.58. The fraction of sp³-hybridized carbons (Fsp3) is 0.333. The van der Waals surface area contributed by atoms with Gasteiger partial charge in [-0.15, -0.1) is 0 Å². The lowest BCUT2D eigenvalue weighted by Gasteiger charge is -2.27. The van der Waals surface area contributed by atoms with E-state index < -0.39 is 0 Å². The first kappa shape index (κ1) is 21.1. The number of carbonyl (C=O) groups is 2. The van der Waals surface area contributed by atoms with E-state index in [4.69, 9.17) is 9.47 Å². The van der Waals surface area contributed by atoms with Crippen molar-refractivity contribution in [3.63, 3.8) is 0 Å². The molecule has 0 spiro atoms. The van der Waals surface area contributed by atoms with Crippen molar-refractivity contribution in [2.24, 2.45) is 0 Å². The van der Waals surface area contributed by atoms with E-state index in [1.54, 1.807) is 7.11 Å². The number of nitrogens with zero attached hydrogens (tertiary/aromatic N) is 2. The summed E-state index contributed by atoms with van der Waals surface area (Å²) in [5.41, 5.74) is 2.04. The van der Waals surface area contributed by atoms with Gasteiger partial charge >= 0.3 is 0 Å². The Labute approximate surface area is 182 Å². The maximum absolute atomic E-state index is 13.3. The molecule has 2 aromatic rings. The van der Waals surface area contributed by atoms with Crippen molar-refractivity contribution in [3.8, 4) is 5.75 Å². The van der Waals surface area contributed by atoms with E-state index in [2.05, 4.69) is 10.2 Å². The molecule has 0 aromatic heterocycles. The predicted octanol–water partition coefficient (Wildman–Crippen LogP) is 2.61. The fourth-order valence-electron chi connectivity index (χ4n) is 3.93. The van der Waals surface area contributed by atoms with Gasteiger partial charge in [0.15, 0.2) is 0 Å². The molecule has 4 rings (SSSR count). The third-order valence-electron chi connectivity index (χ3n) is 5.56. The summed E-state index contributed by atoms with van der Waals surface area (Å²) in [6, 6.07) is 16.7. The van der Waals surface area contributed by atoms with Crippen LogP contribution in [0.3, 0.4) is 0 Å². The highest BCUT2D eigenvalue weighted by Gasteiger charge is 2.39. The largest absolute Gasteiger partial charge is 0.495 e. The molecule has 31 heavy (non-hydrogen) atoms. The van der Waals surface area contributed by atoms with Gasteiger partial charge in [-0.3, -0.25) is 19.4 Å². The van der Waals surface area contributed by atoms with Crippen LogP contribution in [0.5, 0.6) is 5.75 Å². The normalized spacial score (nSPS) is 17.4. The van der Waals surface area contributed by atoms with E-state index >= 15 is 0 Å². The number of carbonyl (C=O) groups excluding carboxylic acids is 2. The van der Waals surface area contributed by atoms with E-state index in [1.165, 1.54) is 4.90 Å². The molecule has 7 heteroatoms. The smallest absolute Gasteiger partial charge is 0.278 e. The van der Waals surface area contributed by atoms with E-state index in [1.807, 2.05) is 54.6 Å². The maximum Gasteiger partial charge on any atom is 0.278 e. The lowest BCUT2D eigenvalue weighted by atomic mass is 10.0. The summed E-state index contributed by atoms with van der Waals surface area (Å²) in [5, 5.41) is 3.17. The first-order chi connectivity index (χ1) is 15.2. The summed E-state index contributed by atoms with van der Waals surface area (Å²) < 4.78 is 10.8. The van der Waals surface area contributed by atoms with Gasteiger partial charge in [0.25, 0.3) is 11.8 Å². The van der Waals surface area contributed by atoms with Crippen LogP contribution in [0.2, 0.25) is 0 Å². The first-order valence-corrected chi connectivity index (χ1v) is 10.5. The van der Waals surface area contributed by atoms with Crippen LogP contribution in [0.4, 0.5) is 5.69 Å². The molecule has 2 aliphatic heterocycles. The minimum atomic E-state index is -0.309. The van der Waals surface area contributed by atoms with E-state index in [-0.39, 0.29) is 17.5 Å². The number of anilines is 1. The van der Waals surface area contributed by atoms with Gasteiger partial charge in [0.2, 0.25) is 0 Å². The molecule has 0 atom stereocenters. The Kier molecular flexibility index (Phi) is 6.64. The minimum Gasteiger partial charge on any atom is -0.495 e. The monoisotopic (exact) mass is 421 g/mol. The molecule has 0 saturated carbocycles. The Morgan fingerprint density at radius 2 is 1.65 bits per heavy atom. The SMILES string of the molecule is COc1ccccc1NC1=C(c2ccccc2)C(=O)N(CCCN2CCOCC2)C1=O. The lowest BCUT2D eigenvalue weighted by molar-refractivity contribution is -0.136. The number of methoxy groups -OCH3 is 1. The Morgan fingerprint density at radius 3 is 2.39 bits per heavy atom. The van der Waals surface area contributed by atoms with Crippen molar-refractivity contribution in [2.45, 2.75) is 6.42 Å². The molecule has 0 bridgehead atoms. The standard InChI is InChI=1S/C24H27N3O4/c1-30-20-11-6-5-10-19(20)25-22-21(18-8-3-2-4-9-18)23(28)27(24(22)29)13-7-12-26-14-16-31-17-15-26/h2-6,8-11,25H,7,12-17H2,1H3. The molecule has 2 aliphatic rings. The Balaban J connectivity index is 1.56. The number of nitrogens with one attached hydrogen (secondary N) is 1. The number of hydrogen-bond acceptors (Lipinski definition) is 6. The molecule has 1 N–H and O–H groups in total. The van der Waals surface area contributed by atoms with Gasteiger partial charge < -0.3 is 14.8 Å². The number of rotatable bonds is 8. The topological polar surface area (TPSA) is 71.1 Å². The molecule has 2 heterocycles. The quantitative estimate of drug-likeness (QED) is 0.661. The number of amides is 2. The number of benzene rings is 2. The van der Waals surface area contributed by atoms with Gasteiger partial charge in [-0.05, 0) is 24.1 Å². The van der Waals surface area contributed by atoms with Crippen LogP contribution in [0.25, 0.3) is 5.57 Å². The Hall–Kier alpha value is -3.16. The first-order valence-electron chi connectivity index (χ1n) is 10.5. The van der Waals surface area contributed by atoms with Crippen molar-refractivity contribution in [1.82, 2.24) is 9.80 Å². The zero-order chi connectivity index (χ0) is 21.6. The van der Waals surface area contributed by atoms with Crippen molar-refractivity contribution in [2.75, 3.05) is 51.8 Å². The van der Waals surface area contributed by atoms with Gasteiger partial charge in [0.05, 0.1) is 31.6 Å². The van der Waals surface area contributed by atoms with Gasteiger partial charge in [-0.2, -0.15) is 0 Å². The Bertz CT molecular complexity index is 968. The highest BCUT2D eigenvalue weighted by Crippen LogP contribution is 2.33. The average Bonchev–Trinajstić information content (AvgIpc) is 3.05. The van der Waals surface area contributed by atoms with E-state index in [9.17, 15) is 9.59 Å².